The third-order valence-corrected chi connectivity index (χ3v) is 4.29. The van der Waals surface area contributed by atoms with Crippen molar-refractivity contribution in [2.75, 3.05) is 14.2 Å². The summed E-state index contributed by atoms with van der Waals surface area (Å²) in [7, 11) is 2.77. The van der Waals surface area contributed by atoms with Gasteiger partial charge in [-0.3, -0.25) is 15.2 Å². The Morgan fingerprint density at radius 3 is 2.62 bits per heavy atom. The molecule has 2 rings (SSSR count). The van der Waals surface area contributed by atoms with Gasteiger partial charge in [-0.15, -0.1) is 0 Å². The quantitative estimate of drug-likeness (QED) is 0.325. The van der Waals surface area contributed by atoms with Crippen LogP contribution in [0.2, 0.25) is 0 Å². The van der Waals surface area contributed by atoms with Crippen molar-refractivity contribution < 1.29 is 14.4 Å². The molecule has 0 saturated carbocycles. The summed E-state index contributed by atoms with van der Waals surface area (Å²) in [5.41, 5.74) is 0.275. The minimum atomic E-state index is -0.530. The van der Waals surface area contributed by atoms with Gasteiger partial charge in [-0.25, -0.2) is 0 Å². The summed E-state index contributed by atoms with van der Waals surface area (Å²) in [5, 5.41) is 22.7. The van der Waals surface area contributed by atoms with Crippen LogP contribution in [0.5, 0.6) is 11.5 Å². The zero-order valence-corrected chi connectivity index (χ0v) is 15.9. The fourth-order valence-electron chi connectivity index (χ4n) is 2.63. The van der Waals surface area contributed by atoms with Crippen molar-refractivity contribution in [3.05, 3.63) is 38.4 Å². The first-order valence-corrected chi connectivity index (χ1v) is 8.49. The summed E-state index contributed by atoms with van der Waals surface area (Å²) in [6.45, 7) is 4.13. The van der Waals surface area contributed by atoms with Crippen LogP contribution in [-0.2, 0) is 0 Å². The normalized spacial score (nSPS) is 11.3. The van der Waals surface area contributed by atoms with Crippen LogP contribution in [0.15, 0.2) is 17.2 Å². The number of aromatic amines is 1. The van der Waals surface area contributed by atoms with Crippen molar-refractivity contribution in [1.82, 2.24) is 14.9 Å². The highest BCUT2D eigenvalue weighted by molar-refractivity contribution is 7.71. The average Bonchev–Trinajstić information content (AvgIpc) is 3.00. The van der Waals surface area contributed by atoms with E-state index in [1.165, 1.54) is 31.2 Å². The lowest BCUT2D eigenvalue weighted by Crippen LogP contribution is -2.05. The molecule has 0 bridgehead atoms. The van der Waals surface area contributed by atoms with Crippen LogP contribution in [0.1, 0.15) is 44.0 Å². The summed E-state index contributed by atoms with van der Waals surface area (Å²) < 4.78 is 12.2. The van der Waals surface area contributed by atoms with E-state index in [0.29, 0.717) is 10.3 Å². The van der Waals surface area contributed by atoms with Crippen LogP contribution < -0.4 is 9.47 Å². The topological polar surface area (TPSA) is 108 Å². The highest BCUT2D eigenvalue weighted by Gasteiger charge is 2.21. The monoisotopic (exact) mass is 379 g/mol. The number of nitro benzene ring substituents is 1. The molecule has 0 amide bonds. The van der Waals surface area contributed by atoms with E-state index in [9.17, 15) is 10.1 Å². The van der Waals surface area contributed by atoms with Crippen LogP contribution in [-0.4, -0.2) is 40.2 Å². The Labute approximate surface area is 155 Å². The molecule has 0 aliphatic rings. The van der Waals surface area contributed by atoms with Crippen molar-refractivity contribution >= 4 is 24.1 Å². The van der Waals surface area contributed by atoms with Crippen molar-refractivity contribution in [3.8, 4) is 11.5 Å². The van der Waals surface area contributed by atoms with E-state index in [2.05, 4.69) is 29.1 Å². The molecule has 1 aromatic carbocycles. The smallest absolute Gasteiger partial charge is 0.315 e. The predicted molar refractivity (Wildman–Crippen MR) is 99.9 cm³/mol. The second kappa shape index (κ2) is 8.56. The minimum absolute atomic E-state index is 0.0623. The third-order valence-electron chi connectivity index (χ3n) is 4.03. The lowest BCUT2D eigenvalue weighted by molar-refractivity contribution is -0.385. The summed E-state index contributed by atoms with van der Waals surface area (Å²) in [4.78, 5) is 10.8. The molecule has 1 heterocycles. The molecule has 0 aliphatic heterocycles. The van der Waals surface area contributed by atoms with Crippen molar-refractivity contribution in [3.63, 3.8) is 0 Å². The average molecular weight is 379 g/mol. The number of nitrogens with one attached hydrogen (secondary N) is 1. The molecule has 0 aliphatic carbocycles. The Balaban J connectivity index is 2.49. The highest BCUT2D eigenvalue weighted by Crippen LogP contribution is 2.37. The molecule has 2 aromatic rings. The first kappa shape index (κ1) is 19.6. The van der Waals surface area contributed by atoms with Gasteiger partial charge in [0.25, 0.3) is 0 Å². The van der Waals surface area contributed by atoms with E-state index in [1.807, 2.05) is 0 Å². The number of benzene rings is 1. The van der Waals surface area contributed by atoms with Gasteiger partial charge in [0, 0.05) is 17.5 Å². The van der Waals surface area contributed by atoms with Gasteiger partial charge >= 0.3 is 5.69 Å². The first-order valence-electron chi connectivity index (χ1n) is 8.08. The standard InChI is InChI=1S/C16H21N5O4S/c1-5-11(6-2)15-18-19-16(26)20(15)17-9-10-7-12(21(22)23)14(25-4)13(8-10)24-3/h7-9,11H,5-6H2,1-4H3,(H,19,26)/b17-9-. The van der Waals surface area contributed by atoms with Gasteiger partial charge in [-0.05, 0) is 31.1 Å². The molecule has 0 saturated heterocycles. The zero-order valence-electron chi connectivity index (χ0n) is 15.1. The first-order chi connectivity index (χ1) is 12.5. The van der Waals surface area contributed by atoms with E-state index in [1.54, 1.807) is 6.07 Å². The molecule has 0 spiro atoms. The van der Waals surface area contributed by atoms with E-state index in [4.69, 9.17) is 21.7 Å². The summed E-state index contributed by atoms with van der Waals surface area (Å²) >= 11 is 5.24. The maximum atomic E-state index is 11.3. The molecular formula is C16H21N5O4S. The van der Waals surface area contributed by atoms with E-state index in [0.717, 1.165) is 18.7 Å². The number of methoxy groups -OCH3 is 2. The van der Waals surface area contributed by atoms with Crippen LogP contribution in [0.25, 0.3) is 0 Å². The van der Waals surface area contributed by atoms with Crippen LogP contribution >= 0.6 is 12.2 Å². The van der Waals surface area contributed by atoms with E-state index in [-0.39, 0.29) is 23.1 Å². The lowest BCUT2D eigenvalue weighted by atomic mass is 10.0. The van der Waals surface area contributed by atoms with E-state index < -0.39 is 4.92 Å². The number of H-pyrrole nitrogens is 1. The molecule has 0 fully saturated rings. The molecule has 9 nitrogen and oxygen atoms in total. The van der Waals surface area contributed by atoms with Crippen molar-refractivity contribution in [2.24, 2.45) is 5.10 Å². The lowest BCUT2D eigenvalue weighted by Gasteiger charge is -2.10. The second-order valence-electron chi connectivity index (χ2n) is 5.49. The fourth-order valence-corrected chi connectivity index (χ4v) is 2.82. The Bertz CT molecular complexity index is 870. The molecular weight excluding hydrogens is 358 g/mol. The van der Waals surface area contributed by atoms with Crippen molar-refractivity contribution in [2.45, 2.75) is 32.6 Å². The molecule has 0 radical (unpaired) electrons. The Hall–Kier alpha value is -2.75. The molecule has 0 atom stereocenters. The SMILES string of the molecule is CCC(CC)c1n[nH]c(=S)n1/N=C\c1cc(OC)c(OC)c([N+](=O)[O-])c1. The number of ether oxygens (including phenoxy) is 2. The Morgan fingerprint density at radius 1 is 1.38 bits per heavy atom. The second-order valence-corrected chi connectivity index (χ2v) is 5.88. The van der Waals surface area contributed by atoms with Gasteiger partial charge < -0.3 is 9.47 Å². The van der Waals surface area contributed by atoms with Crippen LogP contribution in [0, 0.1) is 14.9 Å². The number of hydrogen-bond donors (Lipinski definition) is 1. The number of nitro groups is 1. The van der Waals surface area contributed by atoms with Crippen LogP contribution in [0.3, 0.4) is 0 Å². The number of nitrogens with zero attached hydrogens (tertiary/aromatic N) is 4. The van der Waals surface area contributed by atoms with Gasteiger partial charge in [0.15, 0.2) is 11.6 Å². The molecule has 1 aromatic heterocycles. The minimum Gasteiger partial charge on any atom is -0.493 e. The summed E-state index contributed by atoms with van der Waals surface area (Å²) in [6, 6.07) is 2.97. The molecule has 1 N–H and O–H groups in total. The van der Waals surface area contributed by atoms with Crippen molar-refractivity contribution in [1.29, 1.82) is 0 Å². The Morgan fingerprint density at radius 2 is 2.08 bits per heavy atom. The molecule has 140 valence electrons. The number of hydrogen-bond acceptors (Lipinski definition) is 7. The van der Waals surface area contributed by atoms with Gasteiger partial charge in [-0.1, -0.05) is 13.8 Å². The number of rotatable bonds is 8. The van der Waals surface area contributed by atoms with Gasteiger partial charge in [-0.2, -0.15) is 14.9 Å². The molecule has 26 heavy (non-hydrogen) atoms. The van der Waals surface area contributed by atoms with Gasteiger partial charge in [0.05, 0.1) is 25.4 Å². The Kier molecular flexibility index (Phi) is 6.45. The third kappa shape index (κ3) is 3.90. The molecule has 0 unspecified atom stereocenters. The van der Waals surface area contributed by atoms with Crippen LogP contribution in [0.4, 0.5) is 5.69 Å². The summed E-state index contributed by atoms with van der Waals surface area (Å²) in [5.74, 6) is 1.25. The van der Waals surface area contributed by atoms with Gasteiger partial charge in [0.2, 0.25) is 10.5 Å². The molecule has 10 heteroatoms. The highest BCUT2D eigenvalue weighted by atomic mass is 32.1. The maximum Gasteiger partial charge on any atom is 0.315 e. The fraction of sp³-hybridized carbons (Fsp3) is 0.438. The van der Waals surface area contributed by atoms with Gasteiger partial charge in [0.1, 0.15) is 0 Å². The predicted octanol–water partition coefficient (Wildman–Crippen LogP) is 3.65. The zero-order chi connectivity index (χ0) is 19.3. The summed E-state index contributed by atoms with van der Waals surface area (Å²) in [6.07, 6.45) is 3.27. The van der Waals surface area contributed by atoms with E-state index >= 15 is 0 Å². The number of aromatic nitrogens is 3. The maximum absolute atomic E-state index is 11.3. The largest absolute Gasteiger partial charge is 0.493 e.